The van der Waals surface area contributed by atoms with E-state index in [1.165, 1.54) is 7.11 Å². The number of carbonyl (C=O) groups is 2. The lowest BCUT2D eigenvalue weighted by Crippen LogP contribution is -2.41. The molecule has 11 heteroatoms. The molecule has 1 aromatic heterocycles. The number of hydrogen-bond donors (Lipinski definition) is 1. The van der Waals surface area contributed by atoms with E-state index >= 15 is 0 Å². The van der Waals surface area contributed by atoms with Gasteiger partial charge in [-0.15, -0.1) is 0 Å². The molecule has 206 valence electrons. The van der Waals surface area contributed by atoms with Crippen molar-refractivity contribution in [3.8, 4) is 5.75 Å². The van der Waals surface area contributed by atoms with Gasteiger partial charge in [-0.2, -0.15) is 18.3 Å². The number of alkyl carbamates (subject to hydrolysis) is 1. The minimum absolute atomic E-state index is 0.0672. The van der Waals surface area contributed by atoms with Gasteiger partial charge in [0.15, 0.2) is 0 Å². The third-order valence-electron chi connectivity index (χ3n) is 5.21. The average Bonchev–Trinajstić information content (AvgIpc) is 3.10. The van der Waals surface area contributed by atoms with Crippen LogP contribution in [-0.2, 0) is 38.8 Å². The summed E-state index contributed by atoms with van der Waals surface area (Å²) >= 11 is 0. The lowest BCUT2D eigenvalue weighted by atomic mass is 9.81. The Hall–Kier alpha value is -3.24. The summed E-state index contributed by atoms with van der Waals surface area (Å²) in [4.78, 5) is 24.7. The van der Waals surface area contributed by atoms with Crippen LogP contribution < -0.4 is 10.1 Å². The van der Waals surface area contributed by atoms with Gasteiger partial charge in [0, 0.05) is 17.5 Å². The minimum Gasteiger partial charge on any atom is -0.497 e. The van der Waals surface area contributed by atoms with Crippen molar-refractivity contribution < 1.29 is 37.0 Å². The molecule has 0 bridgehead atoms. The van der Waals surface area contributed by atoms with Crippen molar-refractivity contribution in [1.29, 1.82) is 0 Å². The van der Waals surface area contributed by atoms with Crippen LogP contribution in [-0.4, -0.2) is 47.2 Å². The minimum atomic E-state index is -4.79. The van der Waals surface area contributed by atoms with E-state index in [1.807, 2.05) is 0 Å². The number of nitrogens with zero attached hydrogens (tertiary/aromatic N) is 2. The van der Waals surface area contributed by atoms with Gasteiger partial charge in [-0.25, -0.2) is 4.79 Å². The van der Waals surface area contributed by atoms with Gasteiger partial charge >= 0.3 is 18.2 Å². The topological polar surface area (TPSA) is 91.7 Å². The van der Waals surface area contributed by atoms with Gasteiger partial charge in [0.2, 0.25) is 0 Å². The summed E-state index contributed by atoms with van der Waals surface area (Å²) in [5.41, 5.74) is -2.74. The van der Waals surface area contributed by atoms with Crippen molar-refractivity contribution in [2.75, 3.05) is 13.7 Å². The molecule has 0 aliphatic rings. The molecule has 0 atom stereocenters. The van der Waals surface area contributed by atoms with Crippen LogP contribution in [0.1, 0.15) is 71.0 Å². The Kier molecular flexibility index (Phi) is 9.27. The molecule has 2 rings (SSSR count). The first-order chi connectivity index (χ1) is 16.9. The Labute approximate surface area is 215 Å². The first-order valence-corrected chi connectivity index (χ1v) is 11.9. The van der Waals surface area contributed by atoms with Crippen molar-refractivity contribution in [3.05, 3.63) is 46.8 Å². The Morgan fingerprint density at radius 3 is 2.14 bits per heavy atom. The molecule has 0 fully saturated rings. The molecule has 0 saturated heterocycles. The highest BCUT2D eigenvalue weighted by molar-refractivity contribution is 5.73. The van der Waals surface area contributed by atoms with E-state index < -0.39 is 47.5 Å². The summed E-state index contributed by atoms with van der Waals surface area (Å²) in [5.74, 6) is -0.137. The van der Waals surface area contributed by atoms with E-state index in [4.69, 9.17) is 14.2 Å². The highest BCUT2D eigenvalue weighted by Crippen LogP contribution is 2.40. The van der Waals surface area contributed by atoms with Gasteiger partial charge in [-0.05, 0) is 52.3 Å². The van der Waals surface area contributed by atoms with Crippen LogP contribution in [0.2, 0.25) is 0 Å². The number of hydrogen-bond acceptors (Lipinski definition) is 6. The summed E-state index contributed by atoms with van der Waals surface area (Å²) in [6.45, 7) is 11.1. The van der Waals surface area contributed by atoms with Crippen molar-refractivity contribution in [3.63, 3.8) is 0 Å². The fraction of sp³-hybridized carbons (Fsp3) is 0.577. The maximum absolute atomic E-state index is 14.5. The van der Waals surface area contributed by atoms with Gasteiger partial charge in [-0.1, -0.05) is 26.0 Å². The molecule has 1 aromatic carbocycles. The van der Waals surface area contributed by atoms with E-state index in [9.17, 15) is 22.8 Å². The molecule has 0 radical (unpaired) electrons. The van der Waals surface area contributed by atoms with Crippen LogP contribution in [0.3, 0.4) is 0 Å². The fourth-order valence-corrected chi connectivity index (χ4v) is 3.79. The molecule has 0 saturated carbocycles. The maximum atomic E-state index is 14.5. The molecule has 1 N–H and O–H groups in total. The van der Waals surface area contributed by atoms with Crippen LogP contribution >= 0.6 is 0 Å². The number of esters is 1. The zero-order valence-corrected chi connectivity index (χ0v) is 22.6. The molecule has 0 aliphatic carbocycles. The zero-order chi connectivity index (χ0) is 28.2. The molecule has 0 aliphatic heterocycles. The van der Waals surface area contributed by atoms with E-state index in [1.54, 1.807) is 72.7 Å². The SMILES string of the molecule is COc1ccc(Cn2nc(CC(=O)OC(C)C)c(C(C)(C)CNC(=O)OC(C)(C)C)c2C(F)(F)F)cc1. The summed E-state index contributed by atoms with van der Waals surface area (Å²) in [6.07, 6.45) is -6.46. The molecule has 8 nitrogen and oxygen atoms in total. The first-order valence-electron chi connectivity index (χ1n) is 11.9. The number of alkyl halides is 3. The number of amides is 1. The smallest absolute Gasteiger partial charge is 0.433 e. The van der Waals surface area contributed by atoms with E-state index in [0.29, 0.717) is 11.3 Å². The van der Waals surface area contributed by atoms with Gasteiger partial charge in [-0.3, -0.25) is 9.48 Å². The second kappa shape index (κ2) is 11.4. The van der Waals surface area contributed by atoms with Crippen LogP contribution in [0.15, 0.2) is 24.3 Å². The fourth-order valence-electron chi connectivity index (χ4n) is 3.79. The summed E-state index contributed by atoms with van der Waals surface area (Å²) in [5, 5.41) is 6.78. The van der Waals surface area contributed by atoms with Crippen molar-refractivity contribution in [2.24, 2.45) is 0 Å². The van der Waals surface area contributed by atoms with Crippen LogP contribution in [0.25, 0.3) is 0 Å². The highest BCUT2D eigenvalue weighted by Gasteiger charge is 2.45. The molecule has 37 heavy (non-hydrogen) atoms. The third kappa shape index (κ3) is 8.68. The monoisotopic (exact) mass is 527 g/mol. The quantitative estimate of drug-likeness (QED) is 0.448. The average molecular weight is 528 g/mol. The van der Waals surface area contributed by atoms with Crippen molar-refractivity contribution in [1.82, 2.24) is 15.1 Å². The Morgan fingerprint density at radius 2 is 1.65 bits per heavy atom. The van der Waals surface area contributed by atoms with E-state index in [0.717, 1.165) is 4.68 Å². The molecular weight excluding hydrogens is 491 g/mol. The predicted molar refractivity (Wildman–Crippen MR) is 132 cm³/mol. The van der Waals surface area contributed by atoms with Crippen LogP contribution in [0, 0.1) is 0 Å². The van der Waals surface area contributed by atoms with Crippen LogP contribution in [0.4, 0.5) is 18.0 Å². The molecule has 2 aromatic rings. The molecule has 0 spiro atoms. The largest absolute Gasteiger partial charge is 0.497 e. The number of halogens is 3. The number of ether oxygens (including phenoxy) is 3. The lowest BCUT2D eigenvalue weighted by molar-refractivity contribution is -0.147. The predicted octanol–water partition coefficient (Wildman–Crippen LogP) is 5.26. The summed E-state index contributed by atoms with van der Waals surface area (Å²) in [7, 11) is 1.49. The number of aromatic nitrogens is 2. The lowest BCUT2D eigenvalue weighted by Gasteiger charge is -2.28. The molecule has 0 unspecified atom stereocenters. The molecule has 1 heterocycles. The Balaban J connectivity index is 2.56. The first kappa shape index (κ1) is 30.0. The third-order valence-corrected chi connectivity index (χ3v) is 5.21. The number of methoxy groups -OCH3 is 1. The zero-order valence-electron chi connectivity index (χ0n) is 22.6. The Bertz CT molecular complexity index is 1080. The second-order valence-electron chi connectivity index (χ2n) is 10.6. The highest BCUT2D eigenvalue weighted by atomic mass is 19.4. The van der Waals surface area contributed by atoms with Crippen LogP contribution in [0.5, 0.6) is 5.75 Å². The van der Waals surface area contributed by atoms with Gasteiger partial charge in [0.05, 0.1) is 31.9 Å². The van der Waals surface area contributed by atoms with Crippen molar-refractivity contribution >= 4 is 12.1 Å². The molecule has 1 amide bonds. The van der Waals surface area contributed by atoms with E-state index in [-0.39, 0.29) is 24.3 Å². The summed E-state index contributed by atoms with van der Waals surface area (Å²) in [6, 6.07) is 6.57. The Morgan fingerprint density at radius 1 is 1.05 bits per heavy atom. The normalized spacial score (nSPS) is 12.4. The number of benzene rings is 1. The van der Waals surface area contributed by atoms with Crippen molar-refractivity contribution in [2.45, 2.75) is 84.7 Å². The molecular formula is C26H36F3N3O5. The second-order valence-corrected chi connectivity index (χ2v) is 10.6. The van der Waals surface area contributed by atoms with Gasteiger partial charge in [0.25, 0.3) is 0 Å². The van der Waals surface area contributed by atoms with E-state index in [2.05, 4.69) is 10.4 Å². The van der Waals surface area contributed by atoms with Gasteiger partial charge < -0.3 is 19.5 Å². The summed E-state index contributed by atoms with van der Waals surface area (Å²) < 4.78 is 60.0. The maximum Gasteiger partial charge on any atom is 0.433 e. The number of rotatable bonds is 9. The number of carbonyl (C=O) groups excluding carboxylic acids is 2. The van der Waals surface area contributed by atoms with Gasteiger partial charge in [0.1, 0.15) is 17.0 Å². The standard InChI is InChI=1S/C26H36F3N3O5/c1-16(2)36-20(33)13-19-21(25(6,7)15-30-23(34)37-24(3,4)5)22(26(27,28)29)32(31-19)14-17-9-11-18(35-8)12-10-17/h9-12,16H,13-15H2,1-8H3,(H,30,34). The number of nitrogens with one attached hydrogen (secondary N) is 1.